The van der Waals surface area contributed by atoms with E-state index >= 15 is 0 Å². The topological polar surface area (TPSA) is 57.3 Å². The van der Waals surface area contributed by atoms with Gasteiger partial charge in [-0.2, -0.15) is 0 Å². The zero-order valence-electron chi connectivity index (χ0n) is 16.4. The number of nitrogens with one attached hydrogen (secondary N) is 2. The first-order valence-electron chi connectivity index (χ1n) is 10.0. The van der Waals surface area contributed by atoms with Crippen LogP contribution in [0.2, 0.25) is 0 Å². The van der Waals surface area contributed by atoms with E-state index in [4.69, 9.17) is 6.42 Å². The van der Waals surface area contributed by atoms with Crippen molar-refractivity contribution in [1.82, 2.24) is 10.3 Å². The fourth-order valence-corrected chi connectivity index (χ4v) is 4.45. The summed E-state index contributed by atoms with van der Waals surface area (Å²) in [7, 11) is 0. The standard InChI is InChI=1S/C23H26N4O/c1-4-15-7-10-18-16(13-15)8-11-19-21(18)22(19)26-23(28)25-20-12-9-17(14-24-20)27(5-2)6-3/h1,7,9-10,12-14,19,21-22H,5-6,8,11H2,2-3H3,(H2,24,25,26,28)/t19-,21+,22-/m1/s1. The summed E-state index contributed by atoms with van der Waals surface area (Å²) in [5.74, 6) is 4.19. The number of nitrogens with zero attached hydrogens (tertiary/aromatic N) is 2. The molecule has 144 valence electrons. The number of hydrogen-bond acceptors (Lipinski definition) is 3. The van der Waals surface area contributed by atoms with Crippen molar-refractivity contribution in [2.24, 2.45) is 5.92 Å². The molecule has 1 fully saturated rings. The number of rotatable bonds is 5. The van der Waals surface area contributed by atoms with Gasteiger partial charge in [0.2, 0.25) is 0 Å². The average molecular weight is 374 g/mol. The maximum atomic E-state index is 12.5. The average Bonchev–Trinajstić information content (AvgIpc) is 3.42. The van der Waals surface area contributed by atoms with Gasteiger partial charge in [0.15, 0.2) is 0 Å². The van der Waals surface area contributed by atoms with Crippen molar-refractivity contribution in [3.63, 3.8) is 0 Å². The van der Waals surface area contributed by atoms with E-state index < -0.39 is 0 Å². The molecule has 2 N–H and O–H groups in total. The van der Waals surface area contributed by atoms with Gasteiger partial charge in [-0.3, -0.25) is 5.32 Å². The minimum atomic E-state index is -0.190. The number of pyridine rings is 1. The summed E-state index contributed by atoms with van der Waals surface area (Å²) >= 11 is 0. The number of carbonyl (C=O) groups excluding carboxylic acids is 1. The molecule has 2 aromatic rings. The highest BCUT2D eigenvalue weighted by molar-refractivity contribution is 5.89. The lowest BCUT2D eigenvalue weighted by Crippen LogP contribution is -2.32. The van der Waals surface area contributed by atoms with Crippen LogP contribution in [0, 0.1) is 18.3 Å². The highest BCUT2D eigenvalue weighted by Gasteiger charge is 2.53. The first-order valence-corrected chi connectivity index (χ1v) is 10.0. The summed E-state index contributed by atoms with van der Waals surface area (Å²) in [4.78, 5) is 19.0. The van der Waals surface area contributed by atoms with Crippen molar-refractivity contribution in [2.75, 3.05) is 23.3 Å². The van der Waals surface area contributed by atoms with E-state index in [1.807, 2.05) is 18.2 Å². The quantitative estimate of drug-likeness (QED) is 0.784. The molecule has 5 heteroatoms. The molecule has 0 unspecified atom stereocenters. The Balaban J connectivity index is 1.37. The molecule has 3 atom stereocenters. The highest BCUT2D eigenvalue weighted by atomic mass is 16.2. The van der Waals surface area contributed by atoms with Crippen molar-refractivity contribution < 1.29 is 4.79 Å². The van der Waals surface area contributed by atoms with Gasteiger partial charge in [-0.25, -0.2) is 9.78 Å². The minimum absolute atomic E-state index is 0.188. The molecular weight excluding hydrogens is 348 g/mol. The molecule has 1 saturated carbocycles. The molecular formula is C23H26N4O. The van der Waals surface area contributed by atoms with Gasteiger partial charge < -0.3 is 10.2 Å². The third-order valence-corrected chi connectivity index (χ3v) is 6.00. The Labute approximate surface area is 166 Å². The molecule has 0 saturated heterocycles. The number of fused-ring (bicyclic) bond motifs is 3. The Kier molecular flexibility index (Phi) is 4.95. The lowest BCUT2D eigenvalue weighted by molar-refractivity contribution is 0.251. The smallest absolute Gasteiger partial charge is 0.320 e. The van der Waals surface area contributed by atoms with E-state index in [1.165, 1.54) is 11.1 Å². The van der Waals surface area contributed by atoms with Gasteiger partial charge in [-0.15, -0.1) is 6.42 Å². The molecule has 1 heterocycles. The molecule has 1 aromatic carbocycles. The molecule has 2 aliphatic rings. The lowest BCUT2D eigenvalue weighted by Gasteiger charge is -2.20. The van der Waals surface area contributed by atoms with Crippen LogP contribution in [0.15, 0.2) is 36.5 Å². The number of aromatic nitrogens is 1. The largest absolute Gasteiger partial charge is 0.371 e. The predicted molar refractivity (Wildman–Crippen MR) is 113 cm³/mol. The third-order valence-electron chi connectivity index (χ3n) is 6.00. The van der Waals surface area contributed by atoms with Gasteiger partial charge in [-0.05, 0) is 68.0 Å². The second-order valence-electron chi connectivity index (χ2n) is 7.48. The summed E-state index contributed by atoms with van der Waals surface area (Å²) < 4.78 is 0. The number of benzene rings is 1. The van der Waals surface area contributed by atoms with Gasteiger partial charge in [0.05, 0.1) is 11.9 Å². The molecule has 4 rings (SSSR count). The van der Waals surface area contributed by atoms with Gasteiger partial charge in [-0.1, -0.05) is 12.0 Å². The Morgan fingerprint density at radius 1 is 1.29 bits per heavy atom. The summed E-state index contributed by atoms with van der Waals surface area (Å²) in [6, 6.07) is 10.1. The molecule has 1 aromatic heterocycles. The normalized spacial score (nSPS) is 21.7. The number of terminal acetylenes is 1. The molecule has 28 heavy (non-hydrogen) atoms. The third kappa shape index (κ3) is 3.43. The van der Waals surface area contributed by atoms with Gasteiger partial charge in [0.1, 0.15) is 5.82 Å². The van der Waals surface area contributed by atoms with E-state index in [1.54, 1.807) is 6.20 Å². The van der Waals surface area contributed by atoms with Gasteiger partial charge in [0, 0.05) is 30.6 Å². The predicted octanol–water partition coefficient (Wildman–Crippen LogP) is 3.76. The number of urea groups is 1. The van der Waals surface area contributed by atoms with Crippen LogP contribution in [-0.2, 0) is 6.42 Å². The molecule has 5 nitrogen and oxygen atoms in total. The van der Waals surface area contributed by atoms with Crippen molar-refractivity contribution in [2.45, 2.75) is 38.6 Å². The first-order chi connectivity index (χ1) is 13.6. The summed E-state index contributed by atoms with van der Waals surface area (Å²) in [5, 5.41) is 5.99. The highest BCUT2D eigenvalue weighted by Crippen LogP contribution is 2.54. The monoisotopic (exact) mass is 374 g/mol. The van der Waals surface area contributed by atoms with E-state index in [9.17, 15) is 4.79 Å². The van der Waals surface area contributed by atoms with E-state index in [0.717, 1.165) is 37.2 Å². The second-order valence-corrected chi connectivity index (χ2v) is 7.48. The number of hydrogen-bond donors (Lipinski definition) is 2. The number of carbonyl (C=O) groups is 1. The summed E-state index contributed by atoms with van der Waals surface area (Å²) in [6.45, 7) is 6.09. The fraction of sp³-hybridized carbons (Fsp3) is 0.391. The van der Waals surface area contributed by atoms with Crippen LogP contribution in [-0.4, -0.2) is 30.1 Å². The minimum Gasteiger partial charge on any atom is -0.371 e. The first kappa shape index (κ1) is 18.4. The van der Waals surface area contributed by atoms with Crippen LogP contribution < -0.4 is 15.5 Å². The number of amides is 2. The van der Waals surface area contributed by atoms with Crippen LogP contribution in [0.4, 0.5) is 16.3 Å². The molecule has 0 spiro atoms. The van der Waals surface area contributed by atoms with Crippen LogP contribution in [0.25, 0.3) is 0 Å². The number of anilines is 2. The zero-order valence-corrected chi connectivity index (χ0v) is 16.4. The lowest BCUT2D eigenvalue weighted by atomic mass is 9.90. The summed E-state index contributed by atoms with van der Waals surface area (Å²) in [5.41, 5.74) is 4.66. The fourth-order valence-electron chi connectivity index (χ4n) is 4.45. The number of aryl methyl sites for hydroxylation is 1. The van der Waals surface area contributed by atoms with Gasteiger partial charge in [0.25, 0.3) is 0 Å². The van der Waals surface area contributed by atoms with E-state index in [-0.39, 0.29) is 12.1 Å². The van der Waals surface area contributed by atoms with Crippen molar-refractivity contribution in [3.8, 4) is 12.3 Å². The van der Waals surface area contributed by atoms with Crippen LogP contribution in [0.3, 0.4) is 0 Å². The Bertz CT molecular complexity index is 911. The Morgan fingerprint density at radius 3 is 2.79 bits per heavy atom. The Hall–Kier alpha value is -3.00. The van der Waals surface area contributed by atoms with E-state index in [0.29, 0.717) is 17.7 Å². The van der Waals surface area contributed by atoms with Crippen LogP contribution in [0.5, 0.6) is 0 Å². The second kappa shape index (κ2) is 7.55. The van der Waals surface area contributed by atoms with Crippen molar-refractivity contribution in [3.05, 3.63) is 53.2 Å². The maximum Gasteiger partial charge on any atom is 0.320 e. The van der Waals surface area contributed by atoms with Crippen molar-refractivity contribution in [1.29, 1.82) is 0 Å². The molecule has 0 bridgehead atoms. The molecule has 2 amide bonds. The maximum absolute atomic E-state index is 12.5. The molecule has 2 aliphatic carbocycles. The van der Waals surface area contributed by atoms with Crippen molar-refractivity contribution >= 4 is 17.5 Å². The zero-order chi connectivity index (χ0) is 19.7. The van der Waals surface area contributed by atoms with E-state index in [2.05, 4.69) is 52.4 Å². The van der Waals surface area contributed by atoms with Crippen LogP contribution >= 0.6 is 0 Å². The SMILES string of the molecule is C#Cc1ccc2c(c1)CC[C@H]1[C@@H](NC(=O)Nc3ccc(N(CC)CC)cn3)[C@@H]21. The van der Waals surface area contributed by atoms with Gasteiger partial charge >= 0.3 is 6.03 Å². The molecule has 0 radical (unpaired) electrons. The van der Waals surface area contributed by atoms with Crippen LogP contribution in [0.1, 0.15) is 42.9 Å². The summed E-state index contributed by atoms with van der Waals surface area (Å²) in [6.07, 6.45) is 9.44. The Morgan fingerprint density at radius 2 is 2.11 bits per heavy atom. The molecule has 0 aliphatic heterocycles.